The molecule has 0 aliphatic heterocycles. The van der Waals surface area contributed by atoms with Crippen LogP contribution in [0.5, 0.6) is 0 Å². The molecule has 2 unspecified atom stereocenters. The fraction of sp³-hybridized carbons (Fsp3) is 0.571. The minimum atomic E-state index is -0.278. The fourth-order valence-electron chi connectivity index (χ4n) is 2.45. The van der Waals surface area contributed by atoms with Crippen molar-refractivity contribution in [3.8, 4) is 0 Å². The minimum absolute atomic E-state index is 0.127. The summed E-state index contributed by atoms with van der Waals surface area (Å²) in [5.41, 5.74) is 0.895. The molecule has 100 valence electrons. The van der Waals surface area contributed by atoms with E-state index in [2.05, 4.69) is 21.2 Å². The van der Waals surface area contributed by atoms with Gasteiger partial charge >= 0.3 is 0 Å². The van der Waals surface area contributed by atoms with Crippen LogP contribution < -0.4 is 5.32 Å². The molecule has 0 aromatic heterocycles. The molecule has 1 aliphatic rings. The van der Waals surface area contributed by atoms with Crippen molar-refractivity contribution in [3.63, 3.8) is 0 Å². The molecule has 2 N–H and O–H groups in total. The van der Waals surface area contributed by atoms with Gasteiger partial charge in [-0.2, -0.15) is 0 Å². The highest BCUT2D eigenvalue weighted by Gasteiger charge is 2.21. The van der Waals surface area contributed by atoms with Gasteiger partial charge in [-0.1, -0.05) is 35.2 Å². The molecule has 1 aromatic carbocycles. The fourth-order valence-corrected chi connectivity index (χ4v) is 2.83. The molecule has 0 spiro atoms. The smallest absolute Gasteiger partial charge is 0.123 e. The quantitative estimate of drug-likeness (QED) is 0.838. The topological polar surface area (TPSA) is 32.3 Å². The predicted molar refractivity (Wildman–Crippen MR) is 73.8 cm³/mol. The lowest BCUT2D eigenvalue weighted by atomic mass is 10.1. The Morgan fingerprint density at radius 3 is 2.89 bits per heavy atom. The lowest BCUT2D eigenvalue weighted by Gasteiger charge is -2.22. The Kier molecular flexibility index (Phi) is 5.15. The minimum Gasteiger partial charge on any atom is -0.392 e. The van der Waals surface area contributed by atoms with Crippen molar-refractivity contribution in [1.82, 2.24) is 5.32 Å². The molecule has 0 bridgehead atoms. The molecule has 1 aliphatic carbocycles. The standard InChI is InChI=1S/C14H19BrFNO/c15-12-7-6-11(16)8-10(12)9-17-13-4-2-1-3-5-14(13)18/h6-8,13-14,17-18H,1-5,9H2. The molecule has 2 atom stereocenters. The molecule has 0 saturated heterocycles. The Bertz CT molecular complexity index is 399. The molecule has 0 heterocycles. The van der Waals surface area contributed by atoms with E-state index in [9.17, 15) is 9.50 Å². The van der Waals surface area contributed by atoms with Crippen molar-refractivity contribution in [1.29, 1.82) is 0 Å². The number of benzene rings is 1. The number of halogens is 2. The van der Waals surface area contributed by atoms with Crippen LogP contribution in [-0.2, 0) is 6.54 Å². The van der Waals surface area contributed by atoms with Crippen LogP contribution in [0.4, 0.5) is 4.39 Å². The summed E-state index contributed by atoms with van der Waals surface area (Å²) in [7, 11) is 0. The van der Waals surface area contributed by atoms with E-state index in [1.54, 1.807) is 6.07 Å². The zero-order valence-corrected chi connectivity index (χ0v) is 11.9. The van der Waals surface area contributed by atoms with Gasteiger partial charge in [0.1, 0.15) is 5.82 Å². The number of aliphatic hydroxyl groups excluding tert-OH is 1. The zero-order chi connectivity index (χ0) is 13.0. The number of rotatable bonds is 3. The maximum atomic E-state index is 13.2. The van der Waals surface area contributed by atoms with Crippen LogP contribution in [0.3, 0.4) is 0 Å². The maximum Gasteiger partial charge on any atom is 0.123 e. The van der Waals surface area contributed by atoms with E-state index in [0.29, 0.717) is 6.54 Å². The molecule has 0 amide bonds. The van der Waals surface area contributed by atoms with Gasteiger partial charge < -0.3 is 10.4 Å². The van der Waals surface area contributed by atoms with Gasteiger partial charge in [-0.3, -0.25) is 0 Å². The Hall–Kier alpha value is -0.450. The van der Waals surface area contributed by atoms with Crippen LogP contribution in [0.25, 0.3) is 0 Å². The predicted octanol–water partition coefficient (Wildman–Crippen LogP) is 3.37. The molecule has 1 aromatic rings. The summed E-state index contributed by atoms with van der Waals surface area (Å²) < 4.78 is 14.1. The average Bonchev–Trinajstić information content (AvgIpc) is 2.55. The molecule has 2 nitrogen and oxygen atoms in total. The summed E-state index contributed by atoms with van der Waals surface area (Å²) in [5, 5.41) is 13.4. The summed E-state index contributed by atoms with van der Waals surface area (Å²) in [6.45, 7) is 0.583. The number of aliphatic hydroxyl groups is 1. The molecular weight excluding hydrogens is 297 g/mol. The lowest BCUT2D eigenvalue weighted by Crippen LogP contribution is -2.38. The first kappa shape index (κ1) is 14.0. The van der Waals surface area contributed by atoms with E-state index in [0.717, 1.165) is 35.7 Å². The van der Waals surface area contributed by atoms with E-state index in [1.807, 2.05) is 0 Å². The van der Waals surface area contributed by atoms with Crippen LogP contribution in [-0.4, -0.2) is 17.3 Å². The van der Waals surface area contributed by atoms with Crippen LogP contribution in [0.1, 0.15) is 37.7 Å². The molecular formula is C14H19BrFNO. The number of nitrogens with one attached hydrogen (secondary N) is 1. The third-order valence-electron chi connectivity index (χ3n) is 3.54. The first-order valence-electron chi connectivity index (χ1n) is 6.52. The summed E-state index contributed by atoms with van der Waals surface area (Å²) in [6.07, 6.45) is 5.02. The molecule has 1 fully saturated rings. The van der Waals surface area contributed by atoms with E-state index in [-0.39, 0.29) is 18.0 Å². The normalized spacial score (nSPS) is 24.8. The van der Waals surface area contributed by atoms with Crippen molar-refractivity contribution in [2.24, 2.45) is 0 Å². The van der Waals surface area contributed by atoms with E-state index < -0.39 is 0 Å². The average molecular weight is 316 g/mol. The second-order valence-corrected chi connectivity index (χ2v) is 5.78. The van der Waals surface area contributed by atoms with Crippen LogP contribution in [0.2, 0.25) is 0 Å². The Labute approximate surface area is 116 Å². The lowest BCUT2D eigenvalue weighted by molar-refractivity contribution is 0.119. The number of hydrogen-bond acceptors (Lipinski definition) is 2. The highest BCUT2D eigenvalue weighted by Crippen LogP contribution is 2.21. The van der Waals surface area contributed by atoms with Crippen molar-refractivity contribution in [2.75, 3.05) is 0 Å². The first-order valence-corrected chi connectivity index (χ1v) is 7.31. The van der Waals surface area contributed by atoms with Gasteiger partial charge in [-0.05, 0) is 36.6 Å². The van der Waals surface area contributed by atoms with Crippen LogP contribution >= 0.6 is 15.9 Å². The molecule has 4 heteroatoms. The second-order valence-electron chi connectivity index (χ2n) is 4.93. The van der Waals surface area contributed by atoms with Gasteiger partial charge in [0.25, 0.3) is 0 Å². The molecule has 2 rings (SSSR count). The summed E-state index contributed by atoms with van der Waals surface area (Å²) in [5.74, 6) is -0.226. The van der Waals surface area contributed by atoms with Gasteiger partial charge in [0.05, 0.1) is 6.10 Å². The highest BCUT2D eigenvalue weighted by molar-refractivity contribution is 9.10. The largest absolute Gasteiger partial charge is 0.392 e. The number of hydrogen-bond donors (Lipinski definition) is 2. The van der Waals surface area contributed by atoms with Crippen molar-refractivity contribution < 1.29 is 9.50 Å². The van der Waals surface area contributed by atoms with E-state index >= 15 is 0 Å². The van der Waals surface area contributed by atoms with Crippen molar-refractivity contribution >= 4 is 15.9 Å². The van der Waals surface area contributed by atoms with Crippen LogP contribution in [0.15, 0.2) is 22.7 Å². The zero-order valence-electron chi connectivity index (χ0n) is 10.3. The van der Waals surface area contributed by atoms with Gasteiger partial charge in [-0.25, -0.2) is 4.39 Å². The van der Waals surface area contributed by atoms with Crippen molar-refractivity contribution in [2.45, 2.75) is 50.8 Å². The summed E-state index contributed by atoms with van der Waals surface area (Å²) in [6, 6.07) is 4.81. The monoisotopic (exact) mass is 315 g/mol. The van der Waals surface area contributed by atoms with E-state index in [4.69, 9.17) is 0 Å². The first-order chi connectivity index (χ1) is 8.66. The summed E-state index contributed by atoms with van der Waals surface area (Å²) >= 11 is 3.42. The van der Waals surface area contributed by atoms with Gasteiger partial charge in [-0.15, -0.1) is 0 Å². The van der Waals surface area contributed by atoms with Gasteiger partial charge in [0, 0.05) is 17.1 Å². The Balaban J connectivity index is 1.95. The maximum absolute atomic E-state index is 13.2. The highest BCUT2D eigenvalue weighted by atomic mass is 79.9. The van der Waals surface area contributed by atoms with E-state index in [1.165, 1.54) is 18.6 Å². The Morgan fingerprint density at radius 2 is 2.06 bits per heavy atom. The molecule has 0 radical (unpaired) electrons. The Morgan fingerprint density at radius 1 is 1.28 bits per heavy atom. The molecule has 1 saturated carbocycles. The third kappa shape index (κ3) is 3.77. The third-order valence-corrected chi connectivity index (χ3v) is 4.32. The SMILES string of the molecule is OC1CCCCCC1NCc1cc(F)ccc1Br. The van der Waals surface area contributed by atoms with Crippen molar-refractivity contribution in [3.05, 3.63) is 34.1 Å². The molecule has 18 heavy (non-hydrogen) atoms. The van der Waals surface area contributed by atoms with Gasteiger partial charge in [0.15, 0.2) is 0 Å². The van der Waals surface area contributed by atoms with Gasteiger partial charge in [0.2, 0.25) is 0 Å². The summed E-state index contributed by atoms with van der Waals surface area (Å²) in [4.78, 5) is 0. The second kappa shape index (κ2) is 6.64. The van der Waals surface area contributed by atoms with Crippen LogP contribution in [0, 0.1) is 5.82 Å².